The van der Waals surface area contributed by atoms with Gasteiger partial charge in [-0.15, -0.1) is 0 Å². The highest BCUT2D eigenvalue weighted by Crippen LogP contribution is 2.54. The summed E-state index contributed by atoms with van der Waals surface area (Å²) in [6.07, 6.45) is 0. The van der Waals surface area contributed by atoms with Gasteiger partial charge in [-0.1, -0.05) is 48.5 Å². The Labute approximate surface area is 365 Å². The van der Waals surface area contributed by atoms with Crippen molar-refractivity contribution in [3.63, 3.8) is 0 Å². The lowest BCUT2D eigenvalue weighted by molar-refractivity contribution is 0.430. The van der Waals surface area contributed by atoms with Crippen molar-refractivity contribution in [2.24, 2.45) is 0 Å². The molecule has 0 heterocycles. The highest BCUT2D eigenvalue weighted by Gasteiger charge is 2.35. The number of aromatic hydroxyl groups is 12. The first-order chi connectivity index (χ1) is 30.7. The van der Waals surface area contributed by atoms with Gasteiger partial charge < -0.3 is 61.3 Å². The zero-order chi connectivity index (χ0) is 45.1. The zero-order valence-corrected chi connectivity index (χ0v) is 33.5. The molecule has 12 nitrogen and oxygen atoms in total. The van der Waals surface area contributed by atoms with Gasteiger partial charge in [0.2, 0.25) is 0 Å². The standard InChI is InChI=1S/C52H40O12/c53-29-9-1-5-25(13-29)49-33-17-35(43(59)21-41(33)57)50(26-6-2-10-30(54)14-26)37-19-39(47(63)23-45(37)61)52(28-8-4-12-32(56)16-28)40-20-38(46(62)24-48(40)64)51(27-7-3-11-31(55)15-27)36-18-34(49)42(58)22-44(36)60/h1-24,49-64H. The Hall–Kier alpha value is -8.64. The number of benzene rings is 8. The van der Waals surface area contributed by atoms with Crippen LogP contribution in [0.5, 0.6) is 69.0 Å². The van der Waals surface area contributed by atoms with Crippen molar-refractivity contribution in [3.8, 4) is 69.0 Å². The van der Waals surface area contributed by atoms with E-state index in [0.29, 0.717) is 22.3 Å². The average Bonchev–Trinajstić information content (AvgIpc) is 3.23. The Morgan fingerprint density at radius 2 is 0.375 bits per heavy atom. The molecule has 0 spiro atoms. The first kappa shape index (κ1) is 40.7. The van der Waals surface area contributed by atoms with Gasteiger partial charge in [0.25, 0.3) is 0 Å². The molecule has 0 fully saturated rings. The molecule has 8 aromatic rings. The van der Waals surface area contributed by atoms with Gasteiger partial charge in [-0.3, -0.25) is 0 Å². The summed E-state index contributed by atoms with van der Waals surface area (Å²) >= 11 is 0. The summed E-state index contributed by atoms with van der Waals surface area (Å²) in [5, 5.41) is 138. The monoisotopic (exact) mass is 856 g/mol. The number of fused-ring (bicyclic) bond motifs is 8. The molecule has 8 aromatic carbocycles. The van der Waals surface area contributed by atoms with Crippen molar-refractivity contribution in [1.82, 2.24) is 0 Å². The molecule has 0 aliphatic heterocycles. The maximum Gasteiger partial charge on any atom is 0.123 e. The van der Waals surface area contributed by atoms with E-state index in [-0.39, 0.29) is 67.5 Å². The van der Waals surface area contributed by atoms with Crippen LogP contribution in [0, 0.1) is 0 Å². The molecule has 64 heavy (non-hydrogen) atoms. The van der Waals surface area contributed by atoms with Crippen molar-refractivity contribution in [1.29, 1.82) is 0 Å². The molecule has 0 amide bonds. The maximum absolute atomic E-state index is 11.9. The van der Waals surface area contributed by atoms with E-state index in [9.17, 15) is 61.3 Å². The predicted molar refractivity (Wildman–Crippen MR) is 235 cm³/mol. The van der Waals surface area contributed by atoms with Gasteiger partial charge in [0.1, 0.15) is 69.0 Å². The Morgan fingerprint density at radius 3 is 0.531 bits per heavy atom. The second kappa shape index (κ2) is 15.7. The minimum atomic E-state index is -1.18. The van der Waals surface area contributed by atoms with E-state index in [1.165, 1.54) is 72.8 Å². The van der Waals surface area contributed by atoms with Gasteiger partial charge in [0.15, 0.2) is 0 Å². The summed E-state index contributed by atoms with van der Waals surface area (Å²) in [5.74, 6) is -9.03. The molecule has 0 saturated heterocycles. The Bertz CT molecular complexity index is 2620. The van der Waals surface area contributed by atoms with Crippen LogP contribution < -0.4 is 0 Å². The lowest BCUT2D eigenvalue weighted by Crippen LogP contribution is -2.13. The molecule has 0 radical (unpaired) electrons. The first-order valence-electron chi connectivity index (χ1n) is 20.1. The molecular formula is C52H40O12. The minimum absolute atomic E-state index is 0.0717. The van der Waals surface area contributed by atoms with Gasteiger partial charge in [-0.25, -0.2) is 0 Å². The molecule has 9 rings (SSSR count). The van der Waals surface area contributed by atoms with E-state index in [4.69, 9.17) is 0 Å². The first-order valence-corrected chi connectivity index (χ1v) is 20.1. The molecule has 0 atom stereocenters. The average molecular weight is 857 g/mol. The predicted octanol–water partition coefficient (Wildman–Crippen LogP) is 9.19. The van der Waals surface area contributed by atoms with Crippen LogP contribution in [0.1, 0.15) is 90.4 Å². The molecule has 12 heteroatoms. The second-order valence-electron chi connectivity index (χ2n) is 16.0. The Kier molecular flexibility index (Phi) is 9.98. The van der Waals surface area contributed by atoms with E-state index in [1.54, 1.807) is 48.5 Å². The summed E-state index contributed by atoms with van der Waals surface area (Å²) in [4.78, 5) is 0. The fourth-order valence-electron chi connectivity index (χ4n) is 9.22. The number of hydrogen-bond donors (Lipinski definition) is 12. The van der Waals surface area contributed by atoms with Crippen LogP contribution in [0.25, 0.3) is 0 Å². The summed E-state index contributed by atoms with van der Waals surface area (Å²) in [6.45, 7) is 0. The van der Waals surface area contributed by atoms with Gasteiger partial charge in [-0.2, -0.15) is 0 Å². The SMILES string of the molecule is Oc1cccc(C2c3cc(c(O)cc3O)C(c3cccc(O)c3)c3cc(c(O)cc3O)C(c3cccc(O)c3)c3cc(c(O)cc3O)C(c3cccc(O)c3)c3cc2c(O)cc3O)c1. The van der Waals surface area contributed by atoms with Crippen LogP contribution in [0.3, 0.4) is 0 Å². The van der Waals surface area contributed by atoms with E-state index in [1.807, 2.05) is 0 Å². The fraction of sp³-hybridized carbons (Fsp3) is 0.0769. The van der Waals surface area contributed by atoms with Crippen LogP contribution in [-0.4, -0.2) is 61.3 Å². The van der Waals surface area contributed by atoms with E-state index in [2.05, 4.69) is 0 Å². The fourth-order valence-corrected chi connectivity index (χ4v) is 9.22. The zero-order valence-electron chi connectivity index (χ0n) is 33.5. The topological polar surface area (TPSA) is 243 Å². The molecular weight excluding hydrogens is 817 g/mol. The highest BCUT2D eigenvalue weighted by atomic mass is 16.3. The number of rotatable bonds is 4. The van der Waals surface area contributed by atoms with Crippen LogP contribution in [0.2, 0.25) is 0 Å². The largest absolute Gasteiger partial charge is 0.508 e. The smallest absolute Gasteiger partial charge is 0.123 e. The highest BCUT2D eigenvalue weighted by molar-refractivity contribution is 5.67. The maximum atomic E-state index is 11.9. The quantitative estimate of drug-likeness (QED) is 0.0793. The lowest BCUT2D eigenvalue weighted by Gasteiger charge is -2.29. The molecule has 1 aliphatic carbocycles. The number of phenols is 12. The van der Waals surface area contributed by atoms with Crippen LogP contribution in [-0.2, 0) is 0 Å². The third-order valence-electron chi connectivity index (χ3n) is 12.0. The van der Waals surface area contributed by atoms with Crippen molar-refractivity contribution in [3.05, 3.63) is 212 Å². The van der Waals surface area contributed by atoms with Crippen molar-refractivity contribution < 1.29 is 61.3 Å². The van der Waals surface area contributed by atoms with Crippen LogP contribution in [0.15, 0.2) is 146 Å². The summed E-state index contributed by atoms with van der Waals surface area (Å²) in [7, 11) is 0. The molecule has 0 saturated carbocycles. The van der Waals surface area contributed by atoms with Crippen LogP contribution >= 0.6 is 0 Å². The number of phenolic OH excluding ortho intramolecular Hbond substituents is 12. The van der Waals surface area contributed by atoms with Crippen molar-refractivity contribution in [2.75, 3.05) is 0 Å². The molecule has 12 N–H and O–H groups in total. The molecule has 0 unspecified atom stereocenters. The Balaban J connectivity index is 1.49. The third-order valence-corrected chi connectivity index (χ3v) is 12.0. The minimum Gasteiger partial charge on any atom is -0.508 e. The van der Waals surface area contributed by atoms with Gasteiger partial charge >= 0.3 is 0 Å². The lowest BCUT2D eigenvalue weighted by atomic mass is 9.75. The normalized spacial score (nSPS) is 16.9. The van der Waals surface area contributed by atoms with Crippen LogP contribution in [0.4, 0.5) is 0 Å². The van der Waals surface area contributed by atoms with Crippen molar-refractivity contribution in [2.45, 2.75) is 23.7 Å². The molecule has 1 aliphatic rings. The van der Waals surface area contributed by atoms with Gasteiger partial charge in [0.05, 0.1) is 0 Å². The van der Waals surface area contributed by atoms with Gasteiger partial charge in [-0.05, 0) is 95.1 Å². The van der Waals surface area contributed by atoms with E-state index >= 15 is 0 Å². The molecule has 320 valence electrons. The van der Waals surface area contributed by atoms with Gasteiger partial charge in [0, 0.05) is 92.4 Å². The second-order valence-corrected chi connectivity index (χ2v) is 16.0. The third kappa shape index (κ3) is 7.12. The molecule has 0 aromatic heterocycles. The summed E-state index contributed by atoms with van der Waals surface area (Å²) in [6, 6.07) is 34.3. The Morgan fingerprint density at radius 1 is 0.203 bits per heavy atom. The van der Waals surface area contributed by atoms with Crippen molar-refractivity contribution >= 4 is 0 Å². The summed E-state index contributed by atoms with van der Waals surface area (Å²) < 4.78 is 0. The summed E-state index contributed by atoms with van der Waals surface area (Å²) in [5.41, 5.74) is 1.91. The van der Waals surface area contributed by atoms with E-state index in [0.717, 1.165) is 24.3 Å². The molecule has 8 bridgehead atoms. The van der Waals surface area contributed by atoms with E-state index < -0.39 is 69.7 Å². The number of hydrogen-bond acceptors (Lipinski definition) is 12.